The van der Waals surface area contributed by atoms with E-state index in [0.29, 0.717) is 11.8 Å². The van der Waals surface area contributed by atoms with Gasteiger partial charge in [0.15, 0.2) is 0 Å². The highest BCUT2D eigenvalue weighted by atomic mass is 19.1. The third kappa shape index (κ3) is 2.87. The van der Waals surface area contributed by atoms with E-state index >= 15 is 0 Å². The SMILES string of the molecule is CC1CCN(C(C)c2cncc(F)c2)CC1CN. The van der Waals surface area contributed by atoms with Crippen molar-refractivity contribution < 1.29 is 4.39 Å². The molecule has 0 radical (unpaired) electrons. The minimum absolute atomic E-state index is 0.203. The summed E-state index contributed by atoms with van der Waals surface area (Å²) in [6, 6.07) is 1.78. The fourth-order valence-electron chi connectivity index (χ4n) is 2.70. The lowest BCUT2D eigenvalue weighted by Gasteiger charge is -2.40. The number of hydrogen-bond acceptors (Lipinski definition) is 3. The van der Waals surface area contributed by atoms with Crippen LogP contribution in [0.1, 0.15) is 31.9 Å². The van der Waals surface area contributed by atoms with E-state index in [1.165, 1.54) is 6.20 Å². The molecular weight excluding hydrogens is 229 g/mol. The molecular formula is C14H22FN3. The molecule has 1 aliphatic heterocycles. The quantitative estimate of drug-likeness (QED) is 0.895. The molecule has 1 saturated heterocycles. The van der Waals surface area contributed by atoms with Crippen LogP contribution < -0.4 is 5.73 Å². The summed E-state index contributed by atoms with van der Waals surface area (Å²) in [7, 11) is 0. The van der Waals surface area contributed by atoms with Crippen molar-refractivity contribution in [1.82, 2.24) is 9.88 Å². The van der Waals surface area contributed by atoms with Gasteiger partial charge in [-0.25, -0.2) is 4.39 Å². The van der Waals surface area contributed by atoms with E-state index in [0.717, 1.165) is 31.6 Å². The summed E-state index contributed by atoms with van der Waals surface area (Å²) in [4.78, 5) is 6.31. The Bertz CT molecular complexity index is 396. The molecule has 2 N–H and O–H groups in total. The van der Waals surface area contributed by atoms with Crippen LogP contribution in [0, 0.1) is 17.7 Å². The summed E-state index contributed by atoms with van der Waals surface area (Å²) < 4.78 is 13.2. The predicted molar refractivity (Wildman–Crippen MR) is 70.5 cm³/mol. The number of nitrogens with zero attached hydrogens (tertiary/aromatic N) is 2. The highest BCUT2D eigenvalue weighted by Gasteiger charge is 2.28. The highest BCUT2D eigenvalue weighted by molar-refractivity contribution is 5.14. The number of rotatable bonds is 3. The van der Waals surface area contributed by atoms with Crippen molar-refractivity contribution in [3.63, 3.8) is 0 Å². The third-order valence-corrected chi connectivity index (χ3v) is 4.20. The average molecular weight is 251 g/mol. The molecule has 100 valence electrons. The van der Waals surface area contributed by atoms with E-state index in [4.69, 9.17) is 5.73 Å². The molecule has 2 heterocycles. The van der Waals surface area contributed by atoms with Crippen LogP contribution in [0.15, 0.2) is 18.5 Å². The molecule has 0 aliphatic carbocycles. The Hall–Kier alpha value is -1.00. The second-order valence-corrected chi connectivity index (χ2v) is 5.37. The number of likely N-dealkylation sites (tertiary alicyclic amines) is 1. The zero-order chi connectivity index (χ0) is 13.1. The molecule has 0 aromatic carbocycles. The summed E-state index contributed by atoms with van der Waals surface area (Å²) >= 11 is 0. The van der Waals surface area contributed by atoms with Gasteiger partial charge < -0.3 is 5.73 Å². The first kappa shape index (κ1) is 13.4. The Kier molecular flexibility index (Phi) is 4.30. The Balaban J connectivity index is 2.07. The van der Waals surface area contributed by atoms with Gasteiger partial charge in [-0.1, -0.05) is 6.92 Å². The molecule has 18 heavy (non-hydrogen) atoms. The van der Waals surface area contributed by atoms with Crippen LogP contribution in [0.3, 0.4) is 0 Å². The Morgan fingerprint density at radius 3 is 3.00 bits per heavy atom. The molecule has 2 rings (SSSR count). The van der Waals surface area contributed by atoms with Crippen molar-refractivity contribution in [2.75, 3.05) is 19.6 Å². The van der Waals surface area contributed by atoms with Gasteiger partial charge in [0.2, 0.25) is 0 Å². The number of aromatic nitrogens is 1. The minimum Gasteiger partial charge on any atom is -0.330 e. The normalized spacial score (nSPS) is 27.1. The van der Waals surface area contributed by atoms with Gasteiger partial charge in [0.25, 0.3) is 0 Å². The average Bonchev–Trinajstić information content (AvgIpc) is 2.38. The second kappa shape index (κ2) is 5.76. The van der Waals surface area contributed by atoms with Crippen LogP contribution in [0.25, 0.3) is 0 Å². The van der Waals surface area contributed by atoms with Gasteiger partial charge in [0, 0.05) is 18.8 Å². The predicted octanol–water partition coefficient (Wildman–Crippen LogP) is 2.20. The second-order valence-electron chi connectivity index (χ2n) is 5.37. The largest absolute Gasteiger partial charge is 0.330 e. The maximum Gasteiger partial charge on any atom is 0.141 e. The molecule has 3 atom stereocenters. The zero-order valence-electron chi connectivity index (χ0n) is 11.1. The van der Waals surface area contributed by atoms with Crippen molar-refractivity contribution in [2.24, 2.45) is 17.6 Å². The molecule has 1 aliphatic rings. The topological polar surface area (TPSA) is 42.2 Å². The first-order valence-corrected chi connectivity index (χ1v) is 6.66. The molecule has 1 aromatic heterocycles. The summed E-state index contributed by atoms with van der Waals surface area (Å²) in [5.41, 5.74) is 6.76. The number of halogens is 1. The van der Waals surface area contributed by atoms with Crippen molar-refractivity contribution >= 4 is 0 Å². The van der Waals surface area contributed by atoms with Crippen molar-refractivity contribution in [3.8, 4) is 0 Å². The first-order valence-electron chi connectivity index (χ1n) is 6.66. The molecule has 0 spiro atoms. The van der Waals surface area contributed by atoms with Gasteiger partial charge >= 0.3 is 0 Å². The van der Waals surface area contributed by atoms with E-state index in [1.54, 1.807) is 12.3 Å². The van der Waals surface area contributed by atoms with Crippen molar-refractivity contribution in [3.05, 3.63) is 29.8 Å². The van der Waals surface area contributed by atoms with E-state index in [2.05, 4.69) is 23.7 Å². The van der Waals surface area contributed by atoms with Crippen LogP contribution in [0.5, 0.6) is 0 Å². The minimum atomic E-state index is -0.264. The molecule has 0 bridgehead atoms. The van der Waals surface area contributed by atoms with Crippen molar-refractivity contribution in [1.29, 1.82) is 0 Å². The molecule has 3 nitrogen and oxygen atoms in total. The molecule has 1 fully saturated rings. The fraction of sp³-hybridized carbons (Fsp3) is 0.643. The Morgan fingerprint density at radius 1 is 1.56 bits per heavy atom. The van der Waals surface area contributed by atoms with E-state index in [-0.39, 0.29) is 11.9 Å². The molecule has 3 unspecified atom stereocenters. The van der Waals surface area contributed by atoms with E-state index in [9.17, 15) is 4.39 Å². The third-order valence-electron chi connectivity index (χ3n) is 4.20. The van der Waals surface area contributed by atoms with Gasteiger partial charge in [-0.3, -0.25) is 9.88 Å². The van der Waals surface area contributed by atoms with Crippen LogP contribution >= 0.6 is 0 Å². The molecule has 0 amide bonds. The maximum atomic E-state index is 13.2. The van der Waals surface area contributed by atoms with Gasteiger partial charge in [0.05, 0.1) is 6.20 Å². The highest BCUT2D eigenvalue weighted by Crippen LogP contribution is 2.29. The first-order chi connectivity index (χ1) is 8.61. The molecule has 0 saturated carbocycles. The Labute approximate surface area is 108 Å². The number of piperidine rings is 1. The van der Waals surface area contributed by atoms with Crippen LogP contribution in [-0.4, -0.2) is 29.5 Å². The van der Waals surface area contributed by atoms with Crippen LogP contribution in [-0.2, 0) is 0 Å². The van der Waals surface area contributed by atoms with Crippen LogP contribution in [0.2, 0.25) is 0 Å². The summed E-state index contributed by atoms with van der Waals surface area (Å²) in [6.45, 7) is 7.15. The van der Waals surface area contributed by atoms with Gasteiger partial charge in [-0.15, -0.1) is 0 Å². The van der Waals surface area contributed by atoms with Gasteiger partial charge in [0.1, 0.15) is 5.82 Å². The van der Waals surface area contributed by atoms with Gasteiger partial charge in [-0.2, -0.15) is 0 Å². The lowest BCUT2D eigenvalue weighted by atomic mass is 9.86. The number of hydrogen-bond donors (Lipinski definition) is 1. The van der Waals surface area contributed by atoms with E-state index < -0.39 is 0 Å². The lowest BCUT2D eigenvalue weighted by Crippen LogP contribution is -2.43. The zero-order valence-corrected chi connectivity index (χ0v) is 11.1. The lowest BCUT2D eigenvalue weighted by molar-refractivity contribution is 0.0976. The summed E-state index contributed by atoms with van der Waals surface area (Å²) in [5.74, 6) is 0.965. The number of nitrogens with two attached hydrogens (primary N) is 1. The summed E-state index contributed by atoms with van der Waals surface area (Å²) in [6.07, 6.45) is 4.16. The Morgan fingerprint density at radius 2 is 2.33 bits per heavy atom. The summed E-state index contributed by atoms with van der Waals surface area (Å²) in [5, 5.41) is 0. The monoisotopic (exact) mass is 251 g/mol. The van der Waals surface area contributed by atoms with Gasteiger partial charge in [-0.05, 0) is 49.9 Å². The number of pyridine rings is 1. The molecule has 4 heteroatoms. The fourth-order valence-corrected chi connectivity index (χ4v) is 2.70. The molecule has 1 aromatic rings. The smallest absolute Gasteiger partial charge is 0.141 e. The van der Waals surface area contributed by atoms with E-state index in [1.807, 2.05) is 0 Å². The standard InChI is InChI=1S/C14H22FN3/c1-10-3-4-18(9-13(10)6-16)11(2)12-5-14(15)8-17-7-12/h5,7-8,10-11,13H,3-4,6,9,16H2,1-2H3. The maximum absolute atomic E-state index is 13.2. The van der Waals surface area contributed by atoms with Crippen LogP contribution in [0.4, 0.5) is 4.39 Å². The van der Waals surface area contributed by atoms with Crippen molar-refractivity contribution in [2.45, 2.75) is 26.3 Å².